The van der Waals surface area contributed by atoms with Gasteiger partial charge in [-0.3, -0.25) is 9.48 Å². The molecule has 3 N–H and O–H groups in total. The SMILES string of the molecule is COC(CNC(=O)OCC1c2ccccc2-c2ccccc21)C(=O)Nc1nn(C)cc1C(=O)O. The molecule has 0 spiro atoms. The molecule has 1 aromatic heterocycles. The molecule has 0 fully saturated rings. The van der Waals surface area contributed by atoms with Crippen LogP contribution in [0.4, 0.5) is 10.6 Å². The summed E-state index contributed by atoms with van der Waals surface area (Å²) in [5.74, 6) is -2.07. The van der Waals surface area contributed by atoms with E-state index in [1.807, 2.05) is 48.5 Å². The van der Waals surface area contributed by atoms with Gasteiger partial charge in [0.2, 0.25) is 0 Å². The maximum Gasteiger partial charge on any atom is 0.407 e. The van der Waals surface area contributed by atoms with E-state index in [1.165, 1.54) is 25.0 Å². The second-order valence-electron chi connectivity index (χ2n) is 7.79. The first kappa shape index (κ1) is 23.0. The lowest BCUT2D eigenvalue weighted by atomic mass is 9.98. The van der Waals surface area contributed by atoms with Crippen molar-refractivity contribution in [1.82, 2.24) is 15.1 Å². The first-order valence-electron chi connectivity index (χ1n) is 10.6. The number of carboxylic acid groups (broad SMARTS) is 1. The van der Waals surface area contributed by atoms with E-state index in [0.29, 0.717) is 0 Å². The zero-order chi connectivity index (χ0) is 24.2. The molecule has 0 saturated heterocycles. The number of carboxylic acids is 1. The van der Waals surface area contributed by atoms with Crippen LogP contribution >= 0.6 is 0 Å². The monoisotopic (exact) mass is 464 g/mol. The van der Waals surface area contributed by atoms with Crippen LogP contribution in [-0.4, -0.2) is 59.2 Å². The van der Waals surface area contributed by atoms with Crippen LogP contribution < -0.4 is 10.6 Å². The van der Waals surface area contributed by atoms with Crippen LogP contribution in [0.2, 0.25) is 0 Å². The first-order valence-corrected chi connectivity index (χ1v) is 10.6. The summed E-state index contributed by atoms with van der Waals surface area (Å²) < 4.78 is 11.9. The third-order valence-electron chi connectivity index (χ3n) is 5.65. The van der Waals surface area contributed by atoms with Crippen molar-refractivity contribution in [3.63, 3.8) is 0 Å². The van der Waals surface area contributed by atoms with Crippen molar-refractivity contribution in [2.24, 2.45) is 7.05 Å². The highest BCUT2D eigenvalue weighted by molar-refractivity contribution is 6.00. The number of hydrogen-bond donors (Lipinski definition) is 3. The predicted octanol–water partition coefficient (Wildman–Crippen LogP) is 2.61. The number of nitrogens with one attached hydrogen (secondary N) is 2. The molecule has 0 radical (unpaired) electrons. The first-order chi connectivity index (χ1) is 16.4. The molecule has 1 aliphatic carbocycles. The Morgan fingerprint density at radius 3 is 2.29 bits per heavy atom. The zero-order valence-corrected chi connectivity index (χ0v) is 18.6. The van der Waals surface area contributed by atoms with E-state index in [4.69, 9.17) is 9.47 Å². The van der Waals surface area contributed by atoms with Gasteiger partial charge >= 0.3 is 12.1 Å². The number of fused-ring (bicyclic) bond motifs is 3. The Morgan fingerprint density at radius 2 is 1.71 bits per heavy atom. The molecule has 1 unspecified atom stereocenters. The normalized spacial score (nSPS) is 13.0. The Labute approximate surface area is 195 Å². The van der Waals surface area contributed by atoms with E-state index in [9.17, 15) is 19.5 Å². The molecule has 1 aliphatic rings. The number of hydrogen-bond acceptors (Lipinski definition) is 6. The number of amides is 2. The fourth-order valence-corrected chi connectivity index (χ4v) is 4.04. The van der Waals surface area contributed by atoms with Crippen molar-refractivity contribution in [3.05, 3.63) is 71.4 Å². The lowest BCUT2D eigenvalue weighted by Crippen LogP contribution is -2.41. The van der Waals surface area contributed by atoms with Crippen molar-refractivity contribution in [3.8, 4) is 11.1 Å². The molecular formula is C24H24N4O6. The number of nitrogens with zero attached hydrogens (tertiary/aromatic N) is 2. The second kappa shape index (κ2) is 9.75. The molecule has 10 nitrogen and oxygen atoms in total. The third-order valence-corrected chi connectivity index (χ3v) is 5.65. The van der Waals surface area contributed by atoms with E-state index in [1.54, 1.807) is 0 Å². The van der Waals surface area contributed by atoms with Crippen LogP contribution in [-0.2, 0) is 21.3 Å². The number of carbonyl (C=O) groups is 3. The molecule has 1 atom stereocenters. The smallest absolute Gasteiger partial charge is 0.407 e. The molecule has 2 aromatic carbocycles. The van der Waals surface area contributed by atoms with Gasteiger partial charge in [-0.1, -0.05) is 48.5 Å². The number of rotatable bonds is 8. The predicted molar refractivity (Wildman–Crippen MR) is 123 cm³/mol. The van der Waals surface area contributed by atoms with Gasteiger partial charge in [0, 0.05) is 26.3 Å². The number of ether oxygens (including phenoxy) is 2. The summed E-state index contributed by atoms with van der Waals surface area (Å²) >= 11 is 0. The van der Waals surface area contributed by atoms with Crippen LogP contribution in [0.3, 0.4) is 0 Å². The Balaban J connectivity index is 1.34. The van der Waals surface area contributed by atoms with Crippen LogP contribution in [0.25, 0.3) is 11.1 Å². The molecule has 0 aliphatic heterocycles. The lowest BCUT2D eigenvalue weighted by Gasteiger charge is -2.17. The number of aromatic carboxylic acids is 1. The highest BCUT2D eigenvalue weighted by atomic mass is 16.5. The molecular weight excluding hydrogens is 440 g/mol. The quantitative estimate of drug-likeness (QED) is 0.467. The average molecular weight is 464 g/mol. The van der Waals surface area contributed by atoms with Gasteiger partial charge in [-0.15, -0.1) is 0 Å². The van der Waals surface area contributed by atoms with Crippen LogP contribution in [0, 0.1) is 0 Å². The molecule has 10 heteroatoms. The van der Waals surface area contributed by atoms with Crippen molar-refractivity contribution in [1.29, 1.82) is 0 Å². The van der Waals surface area contributed by atoms with Crippen LogP contribution in [0.5, 0.6) is 0 Å². The summed E-state index contributed by atoms with van der Waals surface area (Å²) in [5, 5.41) is 18.1. The van der Waals surface area contributed by atoms with Gasteiger partial charge in [-0.25, -0.2) is 9.59 Å². The van der Waals surface area contributed by atoms with Gasteiger partial charge in [0.25, 0.3) is 5.91 Å². The summed E-state index contributed by atoms with van der Waals surface area (Å²) in [6, 6.07) is 16.0. The van der Waals surface area contributed by atoms with E-state index < -0.39 is 24.1 Å². The van der Waals surface area contributed by atoms with Gasteiger partial charge in [0.05, 0.1) is 6.54 Å². The van der Waals surface area contributed by atoms with Crippen molar-refractivity contribution < 1.29 is 29.0 Å². The fraction of sp³-hybridized carbons (Fsp3) is 0.250. The largest absolute Gasteiger partial charge is 0.477 e. The number of aryl methyl sites for hydroxylation is 1. The maximum absolute atomic E-state index is 12.5. The Morgan fingerprint density at radius 1 is 1.09 bits per heavy atom. The molecule has 34 heavy (non-hydrogen) atoms. The van der Waals surface area contributed by atoms with E-state index in [2.05, 4.69) is 15.7 Å². The highest BCUT2D eigenvalue weighted by Crippen LogP contribution is 2.44. The van der Waals surface area contributed by atoms with Gasteiger partial charge in [0.1, 0.15) is 12.2 Å². The number of aromatic nitrogens is 2. The van der Waals surface area contributed by atoms with Crippen molar-refractivity contribution >= 4 is 23.8 Å². The van der Waals surface area contributed by atoms with Crippen molar-refractivity contribution in [2.45, 2.75) is 12.0 Å². The van der Waals surface area contributed by atoms with E-state index in [-0.39, 0.29) is 30.5 Å². The summed E-state index contributed by atoms with van der Waals surface area (Å²) in [6.45, 7) is -0.0339. The summed E-state index contributed by atoms with van der Waals surface area (Å²) in [6.07, 6.45) is -0.501. The van der Waals surface area contributed by atoms with Gasteiger partial charge < -0.3 is 25.2 Å². The molecule has 2 amide bonds. The molecule has 176 valence electrons. The second-order valence-corrected chi connectivity index (χ2v) is 7.79. The summed E-state index contributed by atoms with van der Waals surface area (Å²) in [5.41, 5.74) is 4.28. The minimum atomic E-state index is -1.23. The van der Waals surface area contributed by atoms with Gasteiger partial charge in [-0.2, -0.15) is 5.10 Å². The topological polar surface area (TPSA) is 132 Å². The van der Waals surface area contributed by atoms with E-state index in [0.717, 1.165) is 22.3 Å². The fourth-order valence-electron chi connectivity index (χ4n) is 4.04. The Bertz CT molecular complexity index is 1190. The minimum Gasteiger partial charge on any atom is -0.477 e. The number of anilines is 1. The summed E-state index contributed by atoms with van der Waals surface area (Å²) in [7, 11) is 2.84. The average Bonchev–Trinajstić information content (AvgIpc) is 3.35. The van der Waals surface area contributed by atoms with Gasteiger partial charge in [0.15, 0.2) is 11.9 Å². The van der Waals surface area contributed by atoms with Crippen LogP contribution in [0.1, 0.15) is 27.4 Å². The van der Waals surface area contributed by atoms with E-state index >= 15 is 0 Å². The minimum absolute atomic E-state index is 0.0849. The highest BCUT2D eigenvalue weighted by Gasteiger charge is 2.29. The number of methoxy groups -OCH3 is 1. The molecule has 3 aromatic rings. The van der Waals surface area contributed by atoms with Crippen molar-refractivity contribution in [2.75, 3.05) is 25.6 Å². The van der Waals surface area contributed by atoms with Crippen LogP contribution in [0.15, 0.2) is 54.7 Å². The third kappa shape index (κ3) is 4.62. The maximum atomic E-state index is 12.5. The standard InChI is InChI=1S/C24H24N4O6/c1-28-12-18(23(30)31)21(27-28)26-22(29)20(33-2)11-25-24(32)34-13-19-16-9-5-3-7-14(16)15-8-4-6-10-17(15)19/h3-10,12,19-20H,11,13H2,1-2H3,(H,25,32)(H,30,31)(H,26,27,29). The molecule has 4 rings (SSSR count). The molecule has 0 saturated carbocycles. The number of alkyl carbamates (subject to hydrolysis) is 1. The summed E-state index contributed by atoms with van der Waals surface area (Å²) in [4.78, 5) is 36.2. The molecule has 0 bridgehead atoms. The zero-order valence-electron chi connectivity index (χ0n) is 18.6. The Kier molecular flexibility index (Phi) is 6.60. The number of carbonyl (C=O) groups excluding carboxylic acids is 2. The van der Waals surface area contributed by atoms with Gasteiger partial charge in [-0.05, 0) is 22.3 Å². The Hall–Kier alpha value is -4.18. The molecule has 1 heterocycles. The lowest BCUT2D eigenvalue weighted by molar-refractivity contribution is -0.125. The number of benzene rings is 2.